The number of ether oxygens (including phenoxy) is 1. The zero-order valence-electron chi connectivity index (χ0n) is 15.7. The lowest BCUT2D eigenvalue weighted by Crippen LogP contribution is -2.10. The first-order valence-corrected chi connectivity index (χ1v) is 9.81. The summed E-state index contributed by atoms with van der Waals surface area (Å²) in [4.78, 5) is 0. The molecule has 2 aromatic heterocycles. The van der Waals surface area contributed by atoms with Crippen molar-refractivity contribution >= 4 is 11.8 Å². The molecule has 0 spiro atoms. The van der Waals surface area contributed by atoms with Gasteiger partial charge in [0.1, 0.15) is 5.75 Å². The quantitative estimate of drug-likeness (QED) is 0.431. The van der Waals surface area contributed by atoms with Gasteiger partial charge in [-0.3, -0.25) is 4.57 Å². The summed E-state index contributed by atoms with van der Waals surface area (Å²) in [6.45, 7) is 10.1. The Hall–Kier alpha value is -2.21. The van der Waals surface area contributed by atoms with Crippen molar-refractivity contribution < 1.29 is 9.15 Å². The molecule has 0 aliphatic rings. The van der Waals surface area contributed by atoms with Crippen LogP contribution in [0.3, 0.4) is 0 Å². The van der Waals surface area contributed by atoms with Gasteiger partial charge in [-0.15, -0.1) is 10.2 Å². The largest absolute Gasteiger partial charge is 0.493 e. The van der Waals surface area contributed by atoms with E-state index in [4.69, 9.17) is 9.15 Å². The smallest absolute Gasteiger partial charge is 0.200 e. The highest BCUT2D eigenvalue weighted by Gasteiger charge is 2.15. The van der Waals surface area contributed by atoms with E-state index in [1.165, 1.54) is 5.56 Å². The molecule has 0 amide bonds. The van der Waals surface area contributed by atoms with Crippen molar-refractivity contribution in [1.29, 1.82) is 0 Å². The Morgan fingerprint density at radius 2 is 1.88 bits per heavy atom. The van der Waals surface area contributed by atoms with Crippen molar-refractivity contribution in [2.45, 2.75) is 44.8 Å². The molecule has 138 valence electrons. The molecule has 0 bridgehead atoms. The monoisotopic (exact) mass is 371 g/mol. The highest BCUT2D eigenvalue weighted by molar-refractivity contribution is 7.99. The average molecular weight is 372 g/mol. The lowest BCUT2D eigenvalue weighted by atomic mass is 9.87. The second kappa shape index (κ2) is 7.99. The summed E-state index contributed by atoms with van der Waals surface area (Å²) in [6, 6.07) is 12.1. The summed E-state index contributed by atoms with van der Waals surface area (Å²) >= 11 is 1.64. The molecule has 0 atom stereocenters. The van der Waals surface area contributed by atoms with Crippen molar-refractivity contribution in [3.8, 4) is 17.3 Å². The predicted molar refractivity (Wildman–Crippen MR) is 105 cm³/mol. The highest BCUT2D eigenvalue weighted by atomic mass is 32.2. The van der Waals surface area contributed by atoms with Crippen LogP contribution in [0, 0.1) is 0 Å². The van der Waals surface area contributed by atoms with Gasteiger partial charge in [-0.2, -0.15) is 0 Å². The standard InChI is InChI=1S/C20H25N3O2S/c1-5-23-18(17-7-6-12-25-17)21-22-19(23)26-14-13-24-16-10-8-15(9-11-16)20(2,3)4/h6-12H,5,13-14H2,1-4H3. The van der Waals surface area contributed by atoms with Crippen molar-refractivity contribution in [3.05, 3.63) is 48.2 Å². The average Bonchev–Trinajstić information content (AvgIpc) is 3.27. The first kappa shape index (κ1) is 18.6. The third-order valence-electron chi connectivity index (χ3n) is 4.08. The van der Waals surface area contributed by atoms with E-state index < -0.39 is 0 Å². The van der Waals surface area contributed by atoms with Crippen LogP contribution in [0.1, 0.15) is 33.3 Å². The minimum absolute atomic E-state index is 0.157. The molecule has 0 N–H and O–H groups in total. The van der Waals surface area contributed by atoms with E-state index in [2.05, 4.69) is 54.6 Å². The second-order valence-corrected chi connectivity index (χ2v) is 8.06. The molecule has 3 aromatic rings. The van der Waals surface area contributed by atoms with Crippen molar-refractivity contribution in [2.75, 3.05) is 12.4 Å². The zero-order valence-corrected chi connectivity index (χ0v) is 16.5. The highest BCUT2D eigenvalue weighted by Crippen LogP contribution is 2.26. The maximum atomic E-state index is 5.85. The van der Waals surface area contributed by atoms with E-state index >= 15 is 0 Å². The van der Waals surface area contributed by atoms with E-state index in [1.54, 1.807) is 18.0 Å². The summed E-state index contributed by atoms with van der Waals surface area (Å²) in [7, 11) is 0. The molecule has 2 heterocycles. The van der Waals surface area contributed by atoms with E-state index in [1.807, 2.05) is 24.3 Å². The minimum Gasteiger partial charge on any atom is -0.493 e. The summed E-state index contributed by atoms with van der Waals surface area (Å²) in [6.07, 6.45) is 1.65. The van der Waals surface area contributed by atoms with Crippen LogP contribution in [0.4, 0.5) is 0 Å². The molecule has 0 unspecified atom stereocenters. The number of nitrogens with zero attached hydrogens (tertiary/aromatic N) is 3. The van der Waals surface area contributed by atoms with Gasteiger partial charge in [0.15, 0.2) is 16.7 Å². The SMILES string of the molecule is CCn1c(SCCOc2ccc(C(C)(C)C)cc2)nnc1-c1ccco1. The number of benzene rings is 1. The fourth-order valence-corrected chi connectivity index (χ4v) is 3.43. The molecule has 0 saturated heterocycles. The van der Waals surface area contributed by atoms with Crippen molar-refractivity contribution in [2.24, 2.45) is 0 Å². The van der Waals surface area contributed by atoms with Gasteiger partial charge in [0.25, 0.3) is 0 Å². The van der Waals surface area contributed by atoms with Crippen molar-refractivity contribution in [3.63, 3.8) is 0 Å². The van der Waals surface area contributed by atoms with Gasteiger partial charge in [0.2, 0.25) is 0 Å². The third kappa shape index (κ3) is 4.30. The van der Waals surface area contributed by atoms with Crippen LogP contribution in [-0.4, -0.2) is 27.1 Å². The van der Waals surface area contributed by atoms with Gasteiger partial charge in [0.05, 0.1) is 12.9 Å². The van der Waals surface area contributed by atoms with Gasteiger partial charge in [-0.25, -0.2) is 0 Å². The molecule has 0 radical (unpaired) electrons. The fourth-order valence-electron chi connectivity index (χ4n) is 2.61. The topological polar surface area (TPSA) is 53.1 Å². The number of furan rings is 1. The summed E-state index contributed by atoms with van der Waals surface area (Å²) in [5.74, 6) is 3.20. The lowest BCUT2D eigenvalue weighted by Gasteiger charge is -2.19. The number of rotatable bonds is 7. The third-order valence-corrected chi connectivity index (χ3v) is 5.01. The molecule has 6 heteroatoms. The van der Waals surface area contributed by atoms with Crippen LogP contribution < -0.4 is 4.74 Å². The summed E-state index contributed by atoms with van der Waals surface area (Å²) in [5.41, 5.74) is 1.46. The van der Waals surface area contributed by atoms with Gasteiger partial charge < -0.3 is 9.15 Å². The molecule has 1 aromatic carbocycles. The molecule has 0 fully saturated rings. The Kier molecular flexibility index (Phi) is 5.71. The summed E-state index contributed by atoms with van der Waals surface area (Å²) < 4.78 is 13.3. The number of thioether (sulfide) groups is 1. The molecular weight excluding hydrogens is 346 g/mol. The maximum absolute atomic E-state index is 5.85. The van der Waals surface area contributed by atoms with Crippen LogP contribution in [0.25, 0.3) is 11.6 Å². The first-order chi connectivity index (χ1) is 12.5. The Balaban J connectivity index is 1.54. The molecule has 26 heavy (non-hydrogen) atoms. The fraction of sp³-hybridized carbons (Fsp3) is 0.400. The minimum atomic E-state index is 0.157. The Morgan fingerprint density at radius 3 is 2.50 bits per heavy atom. The van der Waals surface area contributed by atoms with E-state index in [0.29, 0.717) is 6.61 Å². The molecule has 0 saturated carbocycles. The first-order valence-electron chi connectivity index (χ1n) is 8.82. The van der Waals surface area contributed by atoms with Crippen LogP contribution in [0.5, 0.6) is 5.75 Å². The maximum Gasteiger partial charge on any atom is 0.200 e. The molecule has 3 rings (SSSR count). The Morgan fingerprint density at radius 1 is 1.12 bits per heavy atom. The zero-order chi connectivity index (χ0) is 18.6. The number of hydrogen-bond acceptors (Lipinski definition) is 5. The lowest BCUT2D eigenvalue weighted by molar-refractivity contribution is 0.343. The normalized spacial score (nSPS) is 11.7. The molecule has 0 aliphatic carbocycles. The Bertz CT molecular complexity index is 818. The van der Waals surface area contributed by atoms with E-state index in [0.717, 1.165) is 34.8 Å². The molecule has 5 nitrogen and oxygen atoms in total. The molecular formula is C20H25N3O2S. The number of aromatic nitrogens is 3. The van der Waals surface area contributed by atoms with Crippen LogP contribution in [0.15, 0.2) is 52.2 Å². The van der Waals surface area contributed by atoms with Crippen LogP contribution in [-0.2, 0) is 12.0 Å². The van der Waals surface area contributed by atoms with Gasteiger partial charge in [0, 0.05) is 12.3 Å². The van der Waals surface area contributed by atoms with Crippen LogP contribution >= 0.6 is 11.8 Å². The van der Waals surface area contributed by atoms with Gasteiger partial charge in [-0.1, -0.05) is 44.7 Å². The van der Waals surface area contributed by atoms with Crippen LogP contribution in [0.2, 0.25) is 0 Å². The number of hydrogen-bond donors (Lipinski definition) is 0. The van der Waals surface area contributed by atoms with Crippen molar-refractivity contribution in [1.82, 2.24) is 14.8 Å². The van der Waals surface area contributed by atoms with Gasteiger partial charge in [-0.05, 0) is 42.2 Å². The van der Waals surface area contributed by atoms with E-state index in [9.17, 15) is 0 Å². The molecule has 0 aliphatic heterocycles. The Labute approximate surface area is 158 Å². The summed E-state index contributed by atoms with van der Waals surface area (Å²) in [5, 5.41) is 9.42. The predicted octanol–water partition coefficient (Wildman–Crippen LogP) is 5.03. The van der Waals surface area contributed by atoms with E-state index in [-0.39, 0.29) is 5.41 Å². The van der Waals surface area contributed by atoms with Gasteiger partial charge >= 0.3 is 0 Å². The second-order valence-electron chi connectivity index (χ2n) is 7.00.